The van der Waals surface area contributed by atoms with E-state index in [0.29, 0.717) is 11.8 Å². The van der Waals surface area contributed by atoms with E-state index in [1.165, 1.54) is 25.7 Å². The van der Waals surface area contributed by atoms with Crippen LogP contribution in [0.4, 0.5) is 0 Å². The van der Waals surface area contributed by atoms with E-state index in [9.17, 15) is 4.79 Å². The zero-order chi connectivity index (χ0) is 12.8. The summed E-state index contributed by atoms with van der Waals surface area (Å²) in [4.78, 5) is 14.2. The van der Waals surface area contributed by atoms with Crippen LogP contribution in [0, 0.1) is 5.92 Å². The third-order valence-electron chi connectivity index (χ3n) is 3.90. The van der Waals surface area contributed by atoms with Crippen LogP contribution in [0.15, 0.2) is 0 Å². The van der Waals surface area contributed by atoms with Crippen molar-refractivity contribution in [2.75, 3.05) is 6.54 Å². The molecular formula is C14H28N2O. The molecule has 1 saturated heterocycles. The summed E-state index contributed by atoms with van der Waals surface area (Å²) in [7, 11) is 0. The molecule has 100 valence electrons. The maximum Gasteiger partial charge on any atom is 0.241 e. The van der Waals surface area contributed by atoms with E-state index in [2.05, 4.69) is 33.0 Å². The van der Waals surface area contributed by atoms with Gasteiger partial charge in [0.2, 0.25) is 5.91 Å². The summed E-state index contributed by atoms with van der Waals surface area (Å²) in [5.74, 6) is 0.966. The number of hydrogen-bond donors (Lipinski definition) is 1. The van der Waals surface area contributed by atoms with Gasteiger partial charge in [0.05, 0.1) is 12.2 Å². The molecule has 1 N–H and O–H groups in total. The van der Waals surface area contributed by atoms with Gasteiger partial charge in [-0.2, -0.15) is 0 Å². The van der Waals surface area contributed by atoms with E-state index in [-0.39, 0.29) is 12.2 Å². The molecule has 1 rings (SSSR count). The minimum Gasteiger partial charge on any atom is -0.326 e. The maximum atomic E-state index is 12.1. The molecule has 3 heteroatoms. The van der Waals surface area contributed by atoms with Crippen LogP contribution in [0.25, 0.3) is 0 Å². The minimum atomic E-state index is 0.0497. The highest BCUT2D eigenvalue weighted by molar-refractivity contribution is 5.84. The van der Waals surface area contributed by atoms with Gasteiger partial charge in [-0.05, 0) is 25.7 Å². The summed E-state index contributed by atoms with van der Waals surface area (Å²) >= 11 is 0. The van der Waals surface area contributed by atoms with Crippen molar-refractivity contribution in [2.24, 2.45) is 5.92 Å². The van der Waals surface area contributed by atoms with Crippen molar-refractivity contribution >= 4 is 5.91 Å². The molecule has 17 heavy (non-hydrogen) atoms. The van der Waals surface area contributed by atoms with Crippen LogP contribution in [-0.4, -0.2) is 29.6 Å². The Hall–Kier alpha value is -0.570. The van der Waals surface area contributed by atoms with Gasteiger partial charge in [-0.1, -0.05) is 40.0 Å². The number of amides is 1. The van der Waals surface area contributed by atoms with Crippen molar-refractivity contribution < 1.29 is 4.79 Å². The second kappa shape index (κ2) is 7.00. The van der Waals surface area contributed by atoms with Crippen molar-refractivity contribution in [1.82, 2.24) is 10.2 Å². The third-order valence-corrected chi connectivity index (χ3v) is 3.90. The molecule has 1 aliphatic rings. The van der Waals surface area contributed by atoms with E-state index >= 15 is 0 Å². The third kappa shape index (κ3) is 3.70. The van der Waals surface area contributed by atoms with Crippen LogP contribution in [0.5, 0.6) is 0 Å². The number of carbonyl (C=O) groups is 1. The molecule has 1 fully saturated rings. The van der Waals surface area contributed by atoms with Crippen molar-refractivity contribution in [1.29, 1.82) is 0 Å². The summed E-state index contributed by atoms with van der Waals surface area (Å²) in [6.07, 6.45) is 6.05. The van der Waals surface area contributed by atoms with Gasteiger partial charge in [0.25, 0.3) is 0 Å². The standard InChI is InChI=1S/C14H28N2O/c1-5-8-9-12(6-2)10-16-11(4)15-13(7-3)14(16)17/h11-13,15H,5-10H2,1-4H3. The van der Waals surface area contributed by atoms with Gasteiger partial charge < -0.3 is 4.90 Å². The highest BCUT2D eigenvalue weighted by Crippen LogP contribution is 2.19. The highest BCUT2D eigenvalue weighted by atomic mass is 16.2. The lowest BCUT2D eigenvalue weighted by Crippen LogP contribution is -2.38. The van der Waals surface area contributed by atoms with Crippen molar-refractivity contribution in [3.8, 4) is 0 Å². The Morgan fingerprint density at radius 2 is 2.06 bits per heavy atom. The first-order valence-corrected chi connectivity index (χ1v) is 7.20. The van der Waals surface area contributed by atoms with Gasteiger partial charge in [0.1, 0.15) is 0 Å². The number of rotatable bonds is 7. The molecule has 0 spiro atoms. The smallest absolute Gasteiger partial charge is 0.241 e. The van der Waals surface area contributed by atoms with Crippen LogP contribution in [-0.2, 0) is 4.79 Å². The van der Waals surface area contributed by atoms with Crippen LogP contribution in [0.2, 0.25) is 0 Å². The van der Waals surface area contributed by atoms with Gasteiger partial charge in [-0.15, -0.1) is 0 Å². The van der Waals surface area contributed by atoms with Crippen LogP contribution in [0.1, 0.15) is 59.8 Å². The first-order valence-electron chi connectivity index (χ1n) is 7.20. The molecule has 3 atom stereocenters. The van der Waals surface area contributed by atoms with Gasteiger partial charge in [-0.25, -0.2) is 0 Å². The lowest BCUT2D eigenvalue weighted by Gasteiger charge is -2.26. The highest BCUT2D eigenvalue weighted by Gasteiger charge is 2.35. The number of hydrogen-bond acceptors (Lipinski definition) is 2. The second-order valence-electron chi connectivity index (χ2n) is 5.21. The number of nitrogens with one attached hydrogen (secondary N) is 1. The average Bonchev–Trinajstić information content (AvgIpc) is 2.60. The van der Waals surface area contributed by atoms with E-state index in [1.54, 1.807) is 0 Å². The summed E-state index contributed by atoms with van der Waals surface area (Å²) in [6, 6.07) is 0.0497. The summed E-state index contributed by atoms with van der Waals surface area (Å²) in [6.45, 7) is 9.56. The topological polar surface area (TPSA) is 32.3 Å². The van der Waals surface area contributed by atoms with Crippen molar-refractivity contribution in [3.63, 3.8) is 0 Å². The van der Waals surface area contributed by atoms with Gasteiger partial charge >= 0.3 is 0 Å². The van der Waals surface area contributed by atoms with Gasteiger partial charge in [0.15, 0.2) is 0 Å². The Bertz CT molecular complexity index is 242. The number of carbonyl (C=O) groups excluding carboxylic acids is 1. The molecule has 1 aliphatic heterocycles. The predicted molar refractivity (Wildman–Crippen MR) is 71.7 cm³/mol. The first-order chi connectivity index (χ1) is 8.13. The lowest BCUT2D eigenvalue weighted by atomic mass is 9.98. The molecule has 0 bridgehead atoms. The fourth-order valence-corrected chi connectivity index (χ4v) is 2.58. The quantitative estimate of drug-likeness (QED) is 0.742. The molecule has 3 unspecified atom stereocenters. The van der Waals surface area contributed by atoms with Crippen LogP contribution >= 0.6 is 0 Å². The molecule has 1 amide bonds. The Balaban J connectivity index is 2.51. The zero-order valence-electron chi connectivity index (χ0n) is 11.8. The van der Waals surface area contributed by atoms with Crippen molar-refractivity contribution in [2.45, 2.75) is 72.0 Å². The van der Waals surface area contributed by atoms with E-state index in [1.807, 2.05) is 4.90 Å². The number of nitrogens with zero attached hydrogens (tertiary/aromatic N) is 1. The zero-order valence-corrected chi connectivity index (χ0v) is 11.8. The maximum absolute atomic E-state index is 12.1. The molecular weight excluding hydrogens is 212 g/mol. The normalized spacial score (nSPS) is 26.6. The van der Waals surface area contributed by atoms with Crippen LogP contribution < -0.4 is 5.32 Å². The second-order valence-corrected chi connectivity index (χ2v) is 5.21. The predicted octanol–water partition coefficient (Wildman–Crippen LogP) is 2.76. The molecule has 0 aliphatic carbocycles. The van der Waals surface area contributed by atoms with Gasteiger partial charge in [-0.3, -0.25) is 10.1 Å². The molecule has 0 radical (unpaired) electrons. The number of unbranched alkanes of at least 4 members (excludes halogenated alkanes) is 1. The van der Waals surface area contributed by atoms with E-state index in [0.717, 1.165) is 13.0 Å². The monoisotopic (exact) mass is 240 g/mol. The molecule has 1 heterocycles. The summed E-state index contributed by atoms with van der Waals surface area (Å²) in [5, 5.41) is 3.37. The summed E-state index contributed by atoms with van der Waals surface area (Å²) < 4.78 is 0. The first kappa shape index (κ1) is 14.5. The Morgan fingerprint density at radius 1 is 1.35 bits per heavy atom. The van der Waals surface area contributed by atoms with Gasteiger partial charge in [0, 0.05) is 6.54 Å². The Kier molecular flexibility index (Phi) is 5.96. The summed E-state index contributed by atoms with van der Waals surface area (Å²) in [5.41, 5.74) is 0. The molecule has 0 aromatic heterocycles. The Labute approximate surface area is 106 Å². The average molecular weight is 240 g/mol. The fraction of sp³-hybridized carbons (Fsp3) is 0.929. The molecule has 0 saturated carbocycles. The van der Waals surface area contributed by atoms with E-state index < -0.39 is 0 Å². The van der Waals surface area contributed by atoms with Crippen molar-refractivity contribution in [3.05, 3.63) is 0 Å². The Morgan fingerprint density at radius 3 is 2.53 bits per heavy atom. The SMILES string of the molecule is CCCCC(CC)CN1C(=O)C(CC)NC1C. The molecule has 0 aromatic rings. The minimum absolute atomic E-state index is 0.0497. The fourth-order valence-electron chi connectivity index (χ4n) is 2.58. The molecule has 3 nitrogen and oxygen atoms in total. The lowest BCUT2D eigenvalue weighted by molar-refractivity contribution is -0.130. The van der Waals surface area contributed by atoms with E-state index in [4.69, 9.17) is 0 Å². The largest absolute Gasteiger partial charge is 0.326 e. The van der Waals surface area contributed by atoms with Crippen LogP contribution in [0.3, 0.4) is 0 Å². The molecule has 0 aromatic carbocycles.